The van der Waals surface area contributed by atoms with E-state index in [1.165, 1.54) is 0 Å². The number of hydrogen-bond donors (Lipinski definition) is 2. The van der Waals surface area contributed by atoms with Crippen molar-refractivity contribution in [2.24, 2.45) is 0 Å². The summed E-state index contributed by atoms with van der Waals surface area (Å²) in [7, 11) is 0. The molecule has 0 aliphatic rings. The van der Waals surface area contributed by atoms with Crippen LogP contribution < -0.4 is 5.32 Å². The third-order valence-electron chi connectivity index (χ3n) is 3.56. The smallest absolute Gasteiger partial charge is 0.377 e. The lowest BCUT2D eigenvalue weighted by Crippen LogP contribution is -2.23. The van der Waals surface area contributed by atoms with Crippen LogP contribution in [0.3, 0.4) is 0 Å². The van der Waals surface area contributed by atoms with E-state index in [1.54, 1.807) is 42.5 Å². The molecule has 0 unspecified atom stereocenters. The minimum atomic E-state index is -1.51. The fraction of sp³-hybridized carbons (Fsp3) is 0.0526. The summed E-state index contributed by atoms with van der Waals surface area (Å²) in [6.07, 6.45) is -2.45. The monoisotopic (exact) mass is 321 g/mol. The molecule has 5 heteroatoms. The maximum Gasteiger partial charge on any atom is 0.419 e. The predicted molar refractivity (Wildman–Crippen MR) is 90.5 cm³/mol. The average molecular weight is 321 g/mol. The molecule has 0 fully saturated rings. The Morgan fingerprint density at radius 3 is 2.33 bits per heavy atom. The lowest BCUT2D eigenvalue weighted by Gasteiger charge is -2.11. The molecule has 3 rings (SSSR count). The van der Waals surface area contributed by atoms with Crippen LogP contribution in [0.2, 0.25) is 0 Å². The van der Waals surface area contributed by atoms with E-state index in [9.17, 15) is 14.7 Å². The lowest BCUT2D eigenvalue weighted by molar-refractivity contribution is -0.146. The zero-order valence-corrected chi connectivity index (χ0v) is 12.7. The molecule has 1 amide bonds. The van der Waals surface area contributed by atoms with Crippen molar-refractivity contribution in [3.05, 3.63) is 78.4 Å². The summed E-state index contributed by atoms with van der Waals surface area (Å²) in [4.78, 5) is 23.8. The quantitative estimate of drug-likeness (QED) is 0.570. The standard InChI is InChI=1S/C19H15NO4/c21-17(14-8-2-1-3-9-14)18(22)24-19(23)20-16-12-6-10-13-7-4-5-11-15(13)16/h1-12,17,21H,(H,20,23)/t17-/m0/s1. The molecule has 120 valence electrons. The van der Waals surface area contributed by atoms with Gasteiger partial charge in [-0.25, -0.2) is 9.59 Å². The van der Waals surface area contributed by atoms with E-state index in [1.807, 2.05) is 30.3 Å². The van der Waals surface area contributed by atoms with Crippen LogP contribution in [0.15, 0.2) is 72.8 Å². The van der Waals surface area contributed by atoms with Gasteiger partial charge < -0.3 is 9.84 Å². The Kier molecular flexibility index (Phi) is 4.54. The molecule has 0 aromatic heterocycles. The molecular formula is C19H15NO4. The number of anilines is 1. The van der Waals surface area contributed by atoms with Gasteiger partial charge in [0.15, 0.2) is 6.10 Å². The van der Waals surface area contributed by atoms with Crippen molar-refractivity contribution in [2.45, 2.75) is 6.10 Å². The second-order valence-corrected chi connectivity index (χ2v) is 5.17. The average Bonchev–Trinajstić information content (AvgIpc) is 2.62. The molecule has 0 spiro atoms. The molecule has 3 aromatic carbocycles. The first-order chi connectivity index (χ1) is 11.6. The number of amides is 1. The highest BCUT2D eigenvalue weighted by Gasteiger charge is 2.22. The van der Waals surface area contributed by atoms with Gasteiger partial charge in [0.25, 0.3) is 0 Å². The summed E-state index contributed by atoms with van der Waals surface area (Å²) in [6.45, 7) is 0. The highest BCUT2D eigenvalue weighted by atomic mass is 16.6. The van der Waals surface area contributed by atoms with Crippen LogP contribution in [-0.2, 0) is 9.53 Å². The van der Waals surface area contributed by atoms with Gasteiger partial charge in [-0.3, -0.25) is 5.32 Å². The summed E-state index contributed by atoms with van der Waals surface area (Å²) < 4.78 is 4.68. The van der Waals surface area contributed by atoms with Gasteiger partial charge in [-0.05, 0) is 17.0 Å². The Morgan fingerprint density at radius 2 is 1.54 bits per heavy atom. The Hall–Kier alpha value is -3.18. The summed E-state index contributed by atoms with van der Waals surface area (Å²) >= 11 is 0. The van der Waals surface area contributed by atoms with Gasteiger partial charge in [-0.15, -0.1) is 0 Å². The van der Waals surface area contributed by atoms with Crippen LogP contribution in [0, 0.1) is 0 Å². The first kappa shape index (κ1) is 15.7. The first-order valence-corrected chi connectivity index (χ1v) is 7.38. The summed E-state index contributed by atoms with van der Waals surface area (Å²) in [5.41, 5.74) is 0.889. The Labute approximate surface area is 138 Å². The van der Waals surface area contributed by atoms with Crippen LogP contribution in [0.4, 0.5) is 10.5 Å². The highest BCUT2D eigenvalue weighted by molar-refractivity contribution is 6.02. The lowest BCUT2D eigenvalue weighted by atomic mass is 10.1. The van der Waals surface area contributed by atoms with Crippen LogP contribution in [0.1, 0.15) is 11.7 Å². The van der Waals surface area contributed by atoms with Crippen molar-refractivity contribution in [3.63, 3.8) is 0 Å². The van der Waals surface area contributed by atoms with Gasteiger partial charge >= 0.3 is 12.1 Å². The molecule has 0 aliphatic heterocycles. The molecule has 24 heavy (non-hydrogen) atoms. The van der Waals surface area contributed by atoms with Gasteiger partial charge in [-0.2, -0.15) is 0 Å². The number of hydrogen-bond acceptors (Lipinski definition) is 4. The molecule has 0 radical (unpaired) electrons. The number of carbonyl (C=O) groups excluding carboxylic acids is 2. The number of aliphatic hydroxyl groups is 1. The van der Waals surface area contributed by atoms with Crippen molar-refractivity contribution in [2.75, 3.05) is 5.32 Å². The minimum absolute atomic E-state index is 0.362. The third kappa shape index (κ3) is 3.42. The number of ether oxygens (including phenoxy) is 1. The van der Waals surface area contributed by atoms with Crippen molar-refractivity contribution >= 4 is 28.5 Å². The SMILES string of the molecule is O=C(Nc1cccc2ccccc12)OC(=O)[C@@H](O)c1ccccc1. The van der Waals surface area contributed by atoms with Gasteiger partial charge in [-0.1, -0.05) is 66.7 Å². The number of fused-ring (bicyclic) bond motifs is 1. The molecule has 3 aromatic rings. The van der Waals surface area contributed by atoms with E-state index in [-0.39, 0.29) is 0 Å². The van der Waals surface area contributed by atoms with Crippen LogP contribution in [-0.4, -0.2) is 17.2 Å². The minimum Gasteiger partial charge on any atom is -0.377 e. The maximum atomic E-state index is 11.9. The third-order valence-corrected chi connectivity index (χ3v) is 3.56. The Bertz CT molecular complexity index is 871. The first-order valence-electron chi connectivity index (χ1n) is 7.38. The number of rotatable bonds is 3. The van der Waals surface area contributed by atoms with Gasteiger partial charge in [0, 0.05) is 5.39 Å². The molecule has 0 saturated carbocycles. The fourth-order valence-electron chi connectivity index (χ4n) is 2.39. The van der Waals surface area contributed by atoms with Crippen LogP contribution >= 0.6 is 0 Å². The Morgan fingerprint density at radius 1 is 0.875 bits per heavy atom. The zero-order chi connectivity index (χ0) is 16.9. The van der Waals surface area contributed by atoms with Crippen molar-refractivity contribution < 1.29 is 19.4 Å². The molecule has 0 aliphatic carbocycles. The molecule has 0 bridgehead atoms. The van der Waals surface area contributed by atoms with E-state index < -0.39 is 18.2 Å². The predicted octanol–water partition coefficient (Wildman–Crippen LogP) is 3.65. The van der Waals surface area contributed by atoms with Crippen molar-refractivity contribution in [3.8, 4) is 0 Å². The Balaban J connectivity index is 1.70. The molecule has 0 heterocycles. The number of aliphatic hydroxyl groups excluding tert-OH is 1. The number of esters is 1. The highest BCUT2D eigenvalue weighted by Crippen LogP contribution is 2.23. The van der Waals surface area contributed by atoms with E-state index in [4.69, 9.17) is 0 Å². The van der Waals surface area contributed by atoms with Crippen LogP contribution in [0.25, 0.3) is 10.8 Å². The summed E-state index contributed by atoms with van der Waals surface area (Å²) in [5, 5.41) is 14.2. The second kappa shape index (κ2) is 6.93. The van der Waals surface area contributed by atoms with E-state index in [2.05, 4.69) is 10.1 Å². The largest absolute Gasteiger partial charge is 0.419 e. The molecule has 2 N–H and O–H groups in total. The van der Waals surface area contributed by atoms with Crippen LogP contribution in [0.5, 0.6) is 0 Å². The van der Waals surface area contributed by atoms with E-state index >= 15 is 0 Å². The van der Waals surface area contributed by atoms with Gasteiger partial charge in [0.1, 0.15) is 0 Å². The molecule has 0 saturated heterocycles. The number of nitrogens with one attached hydrogen (secondary N) is 1. The number of carbonyl (C=O) groups is 2. The normalized spacial score (nSPS) is 11.7. The summed E-state index contributed by atoms with van der Waals surface area (Å²) in [6, 6.07) is 21.2. The van der Waals surface area contributed by atoms with Gasteiger partial charge in [0.2, 0.25) is 0 Å². The molecule has 1 atom stereocenters. The second-order valence-electron chi connectivity index (χ2n) is 5.17. The van der Waals surface area contributed by atoms with E-state index in [0.29, 0.717) is 11.3 Å². The molecular weight excluding hydrogens is 306 g/mol. The van der Waals surface area contributed by atoms with E-state index in [0.717, 1.165) is 10.8 Å². The maximum absolute atomic E-state index is 11.9. The molecule has 5 nitrogen and oxygen atoms in total. The summed E-state index contributed by atoms with van der Waals surface area (Å²) in [5.74, 6) is -1.03. The van der Waals surface area contributed by atoms with Crippen molar-refractivity contribution in [1.29, 1.82) is 0 Å². The fourth-order valence-corrected chi connectivity index (χ4v) is 2.39. The van der Waals surface area contributed by atoms with Gasteiger partial charge in [0.05, 0.1) is 5.69 Å². The van der Waals surface area contributed by atoms with Crippen molar-refractivity contribution in [1.82, 2.24) is 0 Å². The number of benzene rings is 3. The topological polar surface area (TPSA) is 75.6 Å². The zero-order valence-electron chi connectivity index (χ0n) is 12.7.